The van der Waals surface area contributed by atoms with Crippen LogP contribution in [-0.4, -0.2) is 40.0 Å². The molecule has 0 fully saturated rings. The van der Waals surface area contributed by atoms with E-state index in [2.05, 4.69) is 4.72 Å². The molecule has 0 amide bonds. The van der Waals surface area contributed by atoms with Crippen molar-refractivity contribution in [2.24, 2.45) is 0 Å². The van der Waals surface area contributed by atoms with Crippen molar-refractivity contribution < 1.29 is 12.8 Å². The van der Waals surface area contributed by atoms with Crippen LogP contribution in [0.4, 0.5) is 4.39 Å². The van der Waals surface area contributed by atoms with Crippen LogP contribution < -0.4 is 4.72 Å². The number of halogens is 2. The second-order valence-corrected chi connectivity index (χ2v) is 7.91. The number of hydrogen-bond acceptors (Lipinski definition) is 3. The molecule has 2 rings (SSSR count). The lowest BCUT2D eigenvalue weighted by atomic mass is 10.1. The Bertz CT molecular complexity index is 782. The topological polar surface area (TPSA) is 49.4 Å². The summed E-state index contributed by atoms with van der Waals surface area (Å²) in [6.07, 6.45) is 0.680. The van der Waals surface area contributed by atoms with Crippen molar-refractivity contribution in [3.8, 4) is 0 Å². The third kappa shape index (κ3) is 5.01. The molecule has 0 radical (unpaired) electrons. The molecule has 0 heterocycles. The zero-order valence-corrected chi connectivity index (χ0v) is 15.1. The molecule has 2 aromatic carbocycles. The van der Waals surface area contributed by atoms with Crippen molar-refractivity contribution in [1.82, 2.24) is 9.62 Å². The quantitative estimate of drug-likeness (QED) is 0.815. The van der Waals surface area contributed by atoms with Crippen LogP contribution in [0.2, 0.25) is 5.02 Å². The minimum absolute atomic E-state index is 0.0578. The number of hydrogen-bond donors (Lipinski definition) is 1. The first-order chi connectivity index (χ1) is 11.3. The molecule has 0 aliphatic heterocycles. The lowest BCUT2D eigenvalue weighted by molar-refractivity contribution is 0.291. The van der Waals surface area contributed by atoms with E-state index in [4.69, 9.17) is 11.6 Å². The summed E-state index contributed by atoms with van der Waals surface area (Å²) in [5.74, 6) is -0.862. The minimum Gasteiger partial charge on any atom is -0.305 e. The highest BCUT2D eigenvalue weighted by Crippen LogP contribution is 2.19. The Morgan fingerprint density at radius 2 is 1.83 bits per heavy atom. The monoisotopic (exact) mass is 370 g/mol. The molecule has 7 heteroatoms. The predicted octanol–water partition coefficient (Wildman–Crippen LogP) is 2.93. The molecule has 0 aliphatic rings. The molecule has 0 spiro atoms. The Labute approximate surface area is 147 Å². The number of sulfonamides is 1. The molecule has 24 heavy (non-hydrogen) atoms. The van der Waals surface area contributed by atoms with Crippen molar-refractivity contribution >= 4 is 21.6 Å². The molecular formula is C17H20ClFN2O2S. The number of rotatable bonds is 7. The van der Waals surface area contributed by atoms with Gasteiger partial charge in [-0.25, -0.2) is 17.5 Å². The largest absolute Gasteiger partial charge is 0.305 e. The average Bonchev–Trinajstić information content (AvgIpc) is 2.51. The first-order valence-corrected chi connectivity index (χ1v) is 9.31. The summed E-state index contributed by atoms with van der Waals surface area (Å²) in [5, 5.41) is 0.154. The molecule has 0 aromatic heterocycles. The Morgan fingerprint density at radius 1 is 1.17 bits per heavy atom. The third-order valence-corrected chi connectivity index (χ3v) is 5.43. The zero-order chi connectivity index (χ0) is 17.7. The van der Waals surface area contributed by atoms with E-state index in [1.54, 1.807) is 0 Å². The second-order valence-electron chi connectivity index (χ2n) is 5.73. The number of nitrogens with zero attached hydrogens (tertiary/aromatic N) is 1. The van der Waals surface area contributed by atoms with Gasteiger partial charge in [0.1, 0.15) is 10.7 Å². The smallest absolute Gasteiger partial charge is 0.243 e. The molecule has 2 aromatic rings. The number of likely N-dealkylation sites (N-methyl/N-ethyl adjacent to an activating group) is 1. The highest BCUT2D eigenvalue weighted by molar-refractivity contribution is 7.89. The van der Waals surface area contributed by atoms with Crippen molar-refractivity contribution in [3.05, 3.63) is 64.9 Å². The molecule has 1 N–H and O–H groups in total. The van der Waals surface area contributed by atoms with E-state index < -0.39 is 20.7 Å². The van der Waals surface area contributed by atoms with Gasteiger partial charge in [-0.2, -0.15) is 0 Å². The van der Waals surface area contributed by atoms with Gasteiger partial charge in [-0.15, -0.1) is 0 Å². The summed E-state index contributed by atoms with van der Waals surface area (Å²) in [5.41, 5.74) is 1.10. The van der Waals surface area contributed by atoms with Crippen molar-refractivity contribution in [2.75, 3.05) is 20.6 Å². The second kappa shape index (κ2) is 8.07. The fourth-order valence-corrected chi connectivity index (χ4v) is 3.59. The maximum absolute atomic E-state index is 13.9. The predicted molar refractivity (Wildman–Crippen MR) is 94.2 cm³/mol. The van der Waals surface area contributed by atoms with Crippen LogP contribution in [-0.2, 0) is 16.4 Å². The van der Waals surface area contributed by atoms with Crippen molar-refractivity contribution in [3.63, 3.8) is 0 Å². The summed E-state index contributed by atoms with van der Waals surface area (Å²) in [6.45, 7) is 0.173. The Hall–Kier alpha value is -1.47. The van der Waals surface area contributed by atoms with E-state index in [-0.39, 0.29) is 17.6 Å². The normalized spacial score (nSPS) is 13.2. The Morgan fingerprint density at radius 3 is 2.42 bits per heavy atom. The van der Waals surface area contributed by atoms with E-state index >= 15 is 0 Å². The van der Waals surface area contributed by atoms with Crippen LogP contribution in [0.1, 0.15) is 5.56 Å². The molecule has 130 valence electrons. The molecule has 4 nitrogen and oxygen atoms in total. The first-order valence-electron chi connectivity index (χ1n) is 7.44. The maximum atomic E-state index is 13.9. The van der Waals surface area contributed by atoms with E-state index in [0.717, 1.165) is 11.6 Å². The van der Waals surface area contributed by atoms with Gasteiger partial charge in [0.15, 0.2) is 0 Å². The van der Waals surface area contributed by atoms with E-state index in [1.165, 1.54) is 12.1 Å². The van der Waals surface area contributed by atoms with Gasteiger partial charge in [-0.3, -0.25) is 0 Å². The molecule has 0 saturated heterocycles. The minimum atomic E-state index is -3.94. The van der Waals surface area contributed by atoms with Crippen molar-refractivity contribution in [2.45, 2.75) is 17.4 Å². The Kier molecular flexibility index (Phi) is 6.34. The van der Waals surface area contributed by atoms with Gasteiger partial charge >= 0.3 is 0 Å². The highest BCUT2D eigenvalue weighted by atomic mass is 35.5. The first kappa shape index (κ1) is 18.9. The van der Waals surface area contributed by atoms with Crippen molar-refractivity contribution in [1.29, 1.82) is 0 Å². The van der Waals surface area contributed by atoms with Crippen LogP contribution in [0.3, 0.4) is 0 Å². The van der Waals surface area contributed by atoms with Gasteiger partial charge in [-0.1, -0.05) is 41.9 Å². The van der Waals surface area contributed by atoms with Gasteiger partial charge in [-0.05, 0) is 44.3 Å². The van der Waals surface area contributed by atoms with Gasteiger partial charge in [0, 0.05) is 17.6 Å². The van der Waals surface area contributed by atoms with Crippen LogP contribution in [0.5, 0.6) is 0 Å². The maximum Gasteiger partial charge on any atom is 0.243 e. The van der Waals surface area contributed by atoms with Crippen LogP contribution in [0.25, 0.3) is 0 Å². The summed E-state index contributed by atoms with van der Waals surface area (Å²) in [6, 6.07) is 13.2. The lowest BCUT2D eigenvalue weighted by Gasteiger charge is -2.24. The molecule has 0 aliphatic carbocycles. The molecule has 1 atom stereocenters. The van der Waals surface area contributed by atoms with Gasteiger partial charge < -0.3 is 4.90 Å². The fourth-order valence-electron chi connectivity index (χ4n) is 2.30. The molecule has 0 bridgehead atoms. The molecule has 1 unspecified atom stereocenters. The van der Waals surface area contributed by atoms with Crippen LogP contribution >= 0.6 is 11.6 Å². The number of benzene rings is 2. The zero-order valence-electron chi connectivity index (χ0n) is 13.5. The average molecular weight is 371 g/mol. The summed E-state index contributed by atoms with van der Waals surface area (Å²) in [4.78, 5) is 1.54. The summed E-state index contributed by atoms with van der Waals surface area (Å²) in [7, 11) is -0.179. The van der Waals surface area contributed by atoms with Gasteiger partial charge in [0.2, 0.25) is 10.0 Å². The van der Waals surface area contributed by atoms with E-state index in [0.29, 0.717) is 6.42 Å². The molecule has 0 saturated carbocycles. The highest BCUT2D eigenvalue weighted by Gasteiger charge is 2.21. The van der Waals surface area contributed by atoms with Crippen LogP contribution in [0, 0.1) is 5.82 Å². The Balaban J connectivity index is 2.10. The fraction of sp³-hybridized carbons (Fsp3) is 0.294. The molecular weight excluding hydrogens is 351 g/mol. The van der Waals surface area contributed by atoms with Gasteiger partial charge in [0.05, 0.1) is 0 Å². The lowest BCUT2D eigenvalue weighted by Crippen LogP contribution is -2.41. The van der Waals surface area contributed by atoms with E-state index in [1.807, 2.05) is 49.3 Å². The summed E-state index contributed by atoms with van der Waals surface area (Å²) < 4.78 is 41.0. The summed E-state index contributed by atoms with van der Waals surface area (Å²) >= 11 is 5.66. The number of nitrogens with one attached hydrogen (secondary N) is 1. The SMILES string of the molecule is CN(C)C(CNS(=O)(=O)c1ccc(Cl)cc1F)Cc1ccccc1. The third-order valence-electron chi connectivity index (χ3n) is 3.74. The standard InChI is InChI=1S/C17H20ClFN2O2S/c1-21(2)15(10-13-6-4-3-5-7-13)12-20-24(22,23)17-9-8-14(18)11-16(17)19/h3-9,11,15,20H,10,12H2,1-2H3. The van der Waals surface area contributed by atoms with Crippen LogP contribution in [0.15, 0.2) is 53.4 Å². The van der Waals surface area contributed by atoms with E-state index in [9.17, 15) is 12.8 Å². The van der Waals surface area contributed by atoms with Gasteiger partial charge in [0.25, 0.3) is 0 Å².